The summed E-state index contributed by atoms with van der Waals surface area (Å²) < 4.78 is 0. The molecule has 0 aliphatic heterocycles. The van der Waals surface area contributed by atoms with Crippen LogP contribution in [0.2, 0.25) is 0 Å². The molecule has 122 valence electrons. The van der Waals surface area contributed by atoms with Crippen LogP contribution in [0.1, 0.15) is 10.7 Å². The van der Waals surface area contributed by atoms with Crippen molar-refractivity contribution in [3.63, 3.8) is 0 Å². The van der Waals surface area contributed by atoms with Gasteiger partial charge in [-0.3, -0.25) is 9.59 Å². The first-order valence-corrected chi connectivity index (χ1v) is 7.79. The van der Waals surface area contributed by atoms with E-state index in [9.17, 15) is 9.59 Å². The zero-order chi connectivity index (χ0) is 16.0. The molecule has 1 aliphatic carbocycles. The van der Waals surface area contributed by atoms with E-state index in [0.717, 1.165) is 11.0 Å². The molecular weight excluding hydrogens is 318 g/mol. The molecule has 0 unspecified atom stereocenters. The van der Waals surface area contributed by atoms with E-state index >= 15 is 0 Å². The van der Waals surface area contributed by atoms with Crippen LogP contribution in [0.25, 0.3) is 22.4 Å². The van der Waals surface area contributed by atoms with Crippen molar-refractivity contribution in [3.8, 4) is 11.4 Å². The van der Waals surface area contributed by atoms with Crippen molar-refractivity contribution in [3.05, 3.63) is 24.0 Å². The molecule has 3 aromatic heterocycles. The number of amides is 1. The molecule has 23 heavy (non-hydrogen) atoms. The van der Waals surface area contributed by atoms with Crippen molar-refractivity contribution >= 4 is 39.4 Å². The van der Waals surface area contributed by atoms with Crippen molar-refractivity contribution < 1.29 is 19.0 Å². The number of H-pyrrole nitrogens is 1. The lowest BCUT2D eigenvalue weighted by atomic mass is 10.2. The molecule has 1 fully saturated rings. The number of hydrogen-bond acceptors (Lipinski definition) is 6. The van der Waals surface area contributed by atoms with Gasteiger partial charge in [0.2, 0.25) is 5.91 Å². The highest BCUT2D eigenvalue weighted by molar-refractivity contribution is 7.14. The Bertz CT molecular complexity index is 931. The van der Waals surface area contributed by atoms with Gasteiger partial charge < -0.3 is 15.4 Å². The zero-order valence-corrected chi connectivity index (χ0v) is 12.5. The fourth-order valence-electron chi connectivity index (χ4n) is 2.47. The van der Waals surface area contributed by atoms with Crippen LogP contribution in [0.15, 0.2) is 24.0 Å². The summed E-state index contributed by atoms with van der Waals surface area (Å²) in [5, 5.41) is 14.6. The largest absolute Gasteiger partial charge is 0.481 e. The number of nitrogens with zero attached hydrogens (tertiary/aromatic N) is 3. The van der Waals surface area contributed by atoms with Crippen molar-refractivity contribution in [2.24, 2.45) is 11.8 Å². The summed E-state index contributed by atoms with van der Waals surface area (Å²) in [5.41, 5.74) is 2.04. The number of anilines is 1. The topological polar surface area (TPSA) is 121 Å². The van der Waals surface area contributed by atoms with E-state index in [2.05, 4.69) is 25.3 Å². The number of aromatic amines is 1. The Morgan fingerprint density at radius 3 is 3.04 bits per heavy atom. The Hall–Kier alpha value is -2.81. The van der Waals surface area contributed by atoms with Gasteiger partial charge >= 0.3 is 5.97 Å². The lowest BCUT2D eigenvalue weighted by molar-refractivity contribution is -0.139. The van der Waals surface area contributed by atoms with Crippen LogP contribution in [0.5, 0.6) is 0 Å². The van der Waals surface area contributed by atoms with Gasteiger partial charge in [0, 0.05) is 21.2 Å². The van der Waals surface area contributed by atoms with Gasteiger partial charge in [0.1, 0.15) is 23.4 Å². The maximum Gasteiger partial charge on any atom is 0.307 e. The monoisotopic (exact) mass is 335 g/mol. The molecule has 2 atom stereocenters. The van der Waals surface area contributed by atoms with Crippen LogP contribution in [-0.4, -0.2) is 36.9 Å². The first kappa shape index (κ1) is 13.8. The lowest BCUT2D eigenvalue weighted by Crippen LogP contribution is -2.16. The van der Waals surface area contributed by atoms with Gasteiger partial charge in [-0.05, 0) is 12.5 Å². The highest BCUT2D eigenvalue weighted by Gasteiger charge is 2.48. The van der Waals surface area contributed by atoms with E-state index in [1.54, 1.807) is 11.6 Å². The van der Waals surface area contributed by atoms with Crippen molar-refractivity contribution in [2.75, 3.05) is 5.32 Å². The molecule has 4 rings (SSSR count). The fraction of sp³-hybridized carbons (Fsp3) is 0.214. The zero-order valence-electron chi connectivity index (χ0n) is 11.7. The Balaban J connectivity index is 0.00000113. The molecule has 9 heteroatoms. The van der Waals surface area contributed by atoms with Crippen LogP contribution in [0.4, 0.5) is 5.13 Å². The molecule has 0 saturated heterocycles. The van der Waals surface area contributed by atoms with Gasteiger partial charge in [-0.25, -0.2) is 15.0 Å². The minimum absolute atomic E-state index is 0. The fourth-order valence-corrected chi connectivity index (χ4v) is 3.17. The van der Waals surface area contributed by atoms with E-state index in [-0.39, 0.29) is 10.2 Å². The van der Waals surface area contributed by atoms with Gasteiger partial charge in [-0.1, -0.05) is 0 Å². The Morgan fingerprint density at radius 1 is 1.39 bits per heavy atom. The molecule has 3 N–H and O–H groups in total. The second-order valence-electron chi connectivity index (χ2n) is 5.28. The SMILES string of the molecule is O=C(O)[C@H]1C[C@H]1C(=O)Nc1nc(-c2ncnc3[nH]ccc23)cs1.[HH].[HH].[HH]. The van der Waals surface area contributed by atoms with E-state index in [0.29, 0.717) is 22.9 Å². The molecule has 3 aromatic rings. The molecule has 0 aromatic carbocycles. The van der Waals surface area contributed by atoms with Crippen LogP contribution in [0, 0.1) is 11.8 Å². The second kappa shape index (κ2) is 5.13. The van der Waals surface area contributed by atoms with Crippen LogP contribution < -0.4 is 5.32 Å². The van der Waals surface area contributed by atoms with Crippen LogP contribution in [-0.2, 0) is 9.59 Å². The quantitative estimate of drug-likeness (QED) is 0.673. The standard InChI is InChI=1S/C14H11N5O3S.3H2/c20-12(7-3-8(7)13(21)22)19-14-18-9(4-23-14)10-6-1-2-15-11(6)17-5-16-10;;;/h1-2,4-5,7-8H,3H2,(H,21,22)(H,15,16,17)(H,18,19,20);3*1H/t7-,8+;;;/m1.../s1. The average molecular weight is 335 g/mol. The molecule has 1 amide bonds. The highest BCUT2D eigenvalue weighted by Crippen LogP contribution is 2.39. The van der Waals surface area contributed by atoms with Crippen LogP contribution in [0.3, 0.4) is 0 Å². The Kier molecular flexibility index (Phi) is 3.08. The van der Waals surface area contributed by atoms with Crippen molar-refractivity contribution in [2.45, 2.75) is 6.42 Å². The molecule has 1 saturated carbocycles. The summed E-state index contributed by atoms with van der Waals surface area (Å²) in [6.45, 7) is 0. The van der Waals surface area contributed by atoms with E-state index in [4.69, 9.17) is 5.11 Å². The average Bonchev–Trinajstić information content (AvgIpc) is 2.98. The maximum absolute atomic E-state index is 12.0. The number of aliphatic carboxylic acids is 1. The predicted molar refractivity (Wildman–Crippen MR) is 89.2 cm³/mol. The van der Waals surface area contributed by atoms with E-state index < -0.39 is 17.8 Å². The summed E-state index contributed by atoms with van der Waals surface area (Å²) in [6.07, 6.45) is 3.61. The number of rotatable bonds is 4. The predicted octanol–water partition coefficient (Wildman–Crippen LogP) is 2.48. The third-order valence-electron chi connectivity index (χ3n) is 3.78. The Morgan fingerprint density at radius 2 is 2.26 bits per heavy atom. The van der Waals surface area contributed by atoms with Gasteiger partial charge in [-0.2, -0.15) is 0 Å². The number of thiazole rings is 1. The normalized spacial score (nSPS) is 19.7. The number of carboxylic acid groups (broad SMARTS) is 1. The summed E-state index contributed by atoms with van der Waals surface area (Å²) in [7, 11) is 0. The molecular formula is C14H17N5O3S. The highest BCUT2D eigenvalue weighted by atomic mass is 32.1. The van der Waals surface area contributed by atoms with Crippen molar-refractivity contribution in [1.82, 2.24) is 19.9 Å². The molecule has 0 bridgehead atoms. The third kappa shape index (κ3) is 2.44. The van der Waals surface area contributed by atoms with Gasteiger partial charge in [-0.15, -0.1) is 11.3 Å². The van der Waals surface area contributed by atoms with Gasteiger partial charge in [0.05, 0.1) is 11.8 Å². The number of hydrogen-bond donors (Lipinski definition) is 3. The molecule has 0 radical (unpaired) electrons. The Labute approximate surface area is 138 Å². The maximum atomic E-state index is 12.0. The summed E-state index contributed by atoms with van der Waals surface area (Å²) >= 11 is 1.28. The second-order valence-corrected chi connectivity index (χ2v) is 6.13. The minimum Gasteiger partial charge on any atom is -0.481 e. The molecule has 1 aliphatic rings. The van der Waals surface area contributed by atoms with E-state index in [1.807, 2.05) is 6.07 Å². The number of aromatic nitrogens is 4. The summed E-state index contributed by atoms with van der Waals surface area (Å²) in [5.74, 6) is -2.26. The first-order valence-electron chi connectivity index (χ1n) is 6.91. The number of carbonyl (C=O) groups excluding carboxylic acids is 1. The van der Waals surface area contributed by atoms with Crippen LogP contribution >= 0.6 is 11.3 Å². The summed E-state index contributed by atoms with van der Waals surface area (Å²) in [6, 6.07) is 1.87. The summed E-state index contributed by atoms with van der Waals surface area (Å²) in [4.78, 5) is 38.5. The minimum atomic E-state index is -0.930. The number of carboxylic acids is 1. The number of fused-ring (bicyclic) bond motifs is 1. The first-order chi connectivity index (χ1) is 11.1. The number of carbonyl (C=O) groups is 2. The lowest BCUT2D eigenvalue weighted by Gasteiger charge is -2.00. The number of nitrogens with one attached hydrogen (secondary N) is 2. The third-order valence-corrected chi connectivity index (χ3v) is 4.53. The molecule has 0 spiro atoms. The van der Waals surface area contributed by atoms with Gasteiger partial charge in [0.15, 0.2) is 5.13 Å². The molecule has 8 nitrogen and oxygen atoms in total. The smallest absolute Gasteiger partial charge is 0.307 e. The molecule has 3 heterocycles. The van der Waals surface area contributed by atoms with Crippen molar-refractivity contribution in [1.29, 1.82) is 0 Å². The van der Waals surface area contributed by atoms with Gasteiger partial charge in [0.25, 0.3) is 0 Å². The van der Waals surface area contributed by atoms with E-state index in [1.165, 1.54) is 17.7 Å².